The Hall–Kier alpha value is -2.05. The Balaban J connectivity index is 1.81. The van der Waals surface area contributed by atoms with Crippen molar-refractivity contribution in [1.29, 1.82) is 0 Å². The van der Waals surface area contributed by atoms with Crippen molar-refractivity contribution in [2.24, 2.45) is 0 Å². The number of thioether (sulfide) groups is 1. The Labute approximate surface area is 135 Å². The first-order valence-electron chi connectivity index (χ1n) is 6.69. The van der Waals surface area contributed by atoms with Crippen LogP contribution in [0.4, 0.5) is 5.69 Å². The number of nitrogens with one attached hydrogen (secondary N) is 1. The van der Waals surface area contributed by atoms with Crippen molar-refractivity contribution < 1.29 is 4.79 Å². The fourth-order valence-corrected chi connectivity index (χ4v) is 3.56. The summed E-state index contributed by atoms with van der Waals surface area (Å²) in [6.45, 7) is 0.0202. The summed E-state index contributed by atoms with van der Waals surface area (Å²) in [4.78, 5) is 25.2. The SMILES string of the molecule is CSc1cccc(NC(=O)Cn2c(=O)sc3ccccc32)c1. The van der Waals surface area contributed by atoms with Gasteiger partial charge < -0.3 is 5.32 Å². The number of anilines is 1. The van der Waals surface area contributed by atoms with Crippen LogP contribution in [0.2, 0.25) is 0 Å². The Morgan fingerprint density at radius 3 is 2.86 bits per heavy atom. The summed E-state index contributed by atoms with van der Waals surface area (Å²) in [6, 6.07) is 15.1. The van der Waals surface area contributed by atoms with Crippen LogP contribution in [-0.4, -0.2) is 16.7 Å². The van der Waals surface area contributed by atoms with Crippen LogP contribution in [0, 0.1) is 0 Å². The van der Waals surface area contributed by atoms with E-state index in [2.05, 4.69) is 5.32 Å². The second-order valence-electron chi connectivity index (χ2n) is 4.70. The summed E-state index contributed by atoms with van der Waals surface area (Å²) in [5.74, 6) is -0.205. The van der Waals surface area contributed by atoms with Crippen LogP contribution in [0.25, 0.3) is 10.2 Å². The molecule has 0 aliphatic carbocycles. The first kappa shape index (κ1) is 14.9. The summed E-state index contributed by atoms with van der Waals surface area (Å²) < 4.78 is 2.40. The first-order valence-corrected chi connectivity index (χ1v) is 8.74. The topological polar surface area (TPSA) is 51.1 Å². The van der Waals surface area contributed by atoms with Crippen molar-refractivity contribution in [3.63, 3.8) is 0 Å². The fourth-order valence-electron chi connectivity index (χ4n) is 2.21. The van der Waals surface area contributed by atoms with Crippen LogP contribution in [0.5, 0.6) is 0 Å². The van der Waals surface area contributed by atoms with Gasteiger partial charge in [0.2, 0.25) is 5.91 Å². The molecule has 0 atom stereocenters. The third-order valence-electron chi connectivity index (χ3n) is 3.23. The number of nitrogens with zero attached hydrogens (tertiary/aromatic N) is 1. The van der Waals surface area contributed by atoms with Crippen molar-refractivity contribution >= 4 is 44.9 Å². The average Bonchev–Trinajstić information content (AvgIpc) is 2.83. The van der Waals surface area contributed by atoms with Crippen molar-refractivity contribution in [2.75, 3.05) is 11.6 Å². The number of aromatic nitrogens is 1. The molecule has 1 amide bonds. The maximum atomic E-state index is 12.2. The van der Waals surface area contributed by atoms with Gasteiger partial charge in [-0.15, -0.1) is 11.8 Å². The molecule has 112 valence electrons. The highest BCUT2D eigenvalue weighted by Crippen LogP contribution is 2.19. The van der Waals surface area contributed by atoms with Crippen LogP contribution in [0.3, 0.4) is 0 Å². The van der Waals surface area contributed by atoms with Gasteiger partial charge >= 0.3 is 4.87 Å². The number of para-hydroxylation sites is 1. The molecule has 22 heavy (non-hydrogen) atoms. The van der Waals surface area contributed by atoms with E-state index < -0.39 is 0 Å². The molecule has 3 rings (SSSR count). The van der Waals surface area contributed by atoms with E-state index in [1.54, 1.807) is 11.8 Å². The largest absolute Gasteiger partial charge is 0.324 e. The lowest BCUT2D eigenvalue weighted by atomic mass is 10.3. The van der Waals surface area contributed by atoms with Crippen molar-refractivity contribution in [3.8, 4) is 0 Å². The zero-order chi connectivity index (χ0) is 15.5. The van der Waals surface area contributed by atoms with Gasteiger partial charge in [-0.3, -0.25) is 14.2 Å². The Morgan fingerprint density at radius 1 is 1.23 bits per heavy atom. The van der Waals surface area contributed by atoms with E-state index >= 15 is 0 Å². The third-order valence-corrected chi connectivity index (χ3v) is 4.91. The highest BCUT2D eigenvalue weighted by molar-refractivity contribution is 7.98. The van der Waals surface area contributed by atoms with E-state index in [9.17, 15) is 9.59 Å². The summed E-state index contributed by atoms with van der Waals surface area (Å²) in [7, 11) is 0. The normalized spacial score (nSPS) is 10.8. The lowest BCUT2D eigenvalue weighted by Crippen LogP contribution is -2.24. The number of thiazole rings is 1. The van der Waals surface area contributed by atoms with E-state index in [1.807, 2.05) is 54.8 Å². The number of hydrogen-bond acceptors (Lipinski definition) is 4. The predicted molar refractivity (Wildman–Crippen MR) is 92.9 cm³/mol. The summed E-state index contributed by atoms with van der Waals surface area (Å²) in [5.41, 5.74) is 1.54. The molecule has 1 heterocycles. The molecule has 0 fully saturated rings. The Bertz CT molecular complexity index is 883. The van der Waals surface area contributed by atoms with E-state index in [0.29, 0.717) is 0 Å². The molecule has 0 saturated heterocycles. The zero-order valence-corrected chi connectivity index (χ0v) is 13.5. The van der Waals surface area contributed by atoms with Gasteiger partial charge in [-0.2, -0.15) is 0 Å². The van der Waals surface area contributed by atoms with Crippen molar-refractivity contribution in [2.45, 2.75) is 11.4 Å². The second kappa shape index (κ2) is 6.37. The fraction of sp³-hybridized carbons (Fsp3) is 0.125. The third kappa shape index (κ3) is 3.08. The summed E-state index contributed by atoms with van der Waals surface area (Å²) in [5, 5.41) is 2.84. The zero-order valence-electron chi connectivity index (χ0n) is 11.9. The molecule has 3 aromatic rings. The van der Waals surface area contributed by atoms with Crippen LogP contribution in [0.15, 0.2) is 58.2 Å². The lowest BCUT2D eigenvalue weighted by Gasteiger charge is -2.07. The van der Waals surface area contributed by atoms with Crippen LogP contribution < -0.4 is 10.2 Å². The van der Waals surface area contributed by atoms with Gasteiger partial charge in [0.1, 0.15) is 6.54 Å². The minimum Gasteiger partial charge on any atom is -0.324 e. The number of carbonyl (C=O) groups excluding carboxylic acids is 1. The molecule has 1 N–H and O–H groups in total. The van der Waals surface area contributed by atoms with Gasteiger partial charge in [-0.25, -0.2) is 0 Å². The van der Waals surface area contributed by atoms with Gasteiger partial charge in [-0.1, -0.05) is 29.5 Å². The van der Waals surface area contributed by atoms with E-state index in [1.165, 1.54) is 4.57 Å². The van der Waals surface area contributed by atoms with Crippen LogP contribution in [-0.2, 0) is 11.3 Å². The van der Waals surface area contributed by atoms with Crippen LogP contribution in [0.1, 0.15) is 0 Å². The smallest absolute Gasteiger partial charge is 0.308 e. The van der Waals surface area contributed by atoms with Gasteiger partial charge in [0.05, 0.1) is 10.2 Å². The second-order valence-corrected chi connectivity index (χ2v) is 6.57. The van der Waals surface area contributed by atoms with Gasteiger partial charge in [0.15, 0.2) is 0 Å². The molecule has 0 saturated carbocycles. The van der Waals surface area contributed by atoms with Gasteiger partial charge in [0, 0.05) is 10.6 Å². The maximum Gasteiger partial charge on any atom is 0.308 e. The van der Waals surface area contributed by atoms with Gasteiger partial charge in [0.25, 0.3) is 0 Å². The van der Waals surface area contributed by atoms with E-state index in [4.69, 9.17) is 0 Å². The molecular formula is C16H14N2O2S2. The Morgan fingerprint density at radius 2 is 2.05 bits per heavy atom. The highest BCUT2D eigenvalue weighted by Gasteiger charge is 2.11. The lowest BCUT2D eigenvalue weighted by molar-refractivity contribution is -0.116. The number of rotatable bonds is 4. The minimum absolute atomic E-state index is 0.0202. The highest BCUT2D eigenvalue weighted by atomic mass is 32.2. The Kier molecular flexibility index (Phi) is 4.31. The standard InChI is InChI=1S/C16H14N2O2S2/c1-21-12-6-4-5-11(9-12)17-15(19)10-18-13-7-2-3-8-14(13)22-16(18)20/h2-9H,10H2,1H3,(H,17,19). The minimum atomic E-state index is -0.205. The van der Waals surface area contributed by atoms with E-state index in [-0.39, 0.29) is 17.3 Å². The molecule has 0 aliphatic heterocycles. The molecule has 6 heteroatoms. The molecule has 0 spiro atoms. The molecule has 4 nitrogen and oxygen atoms in total. The summed E-state index contributed by atoms with van der Waals surface area (Å²) in [6.07, 6.45) is 1.98. The summed E-state index contributed by atoms with van der Waals surface area (Å²) >= 11 is 2.77. The maximum absolute atomic E-state index is 12.2. The molecular weight excluding hydrogens is 316 g/mol. The van der Waals surface area contributed by atoms with Crippen molar-refractivity contribution in [1.82, 2.24) is 4.57 Å². The molecule has 1 aromatic heterocycles. The molecule has 0 radical (unpaired) electrons. The number of fused-ring (bicyclic) bond motifs is 1. The molecule has 0 bridgehead atoms. The number of hydrogen-bond donors (Lipinski definition) is 1. The molecule has 0 unspecified atom stereocenters. The first-order chi connectivity index (χ1) is 10.7. The van der Waals surface area contributed by atoms with Crippen LogP contribution >= 0.6 is 23.1 Å². The quantitative estimate of drug-likeness (QED) is 0.746. The average molecular weight is 330 g/mol. The number of benzene rings is 2. The van der Waals surface area contributed by atoms with Gasteiger partial charge in [-0.05, 0) is 36.6 Å². The van der Waals surface area contributed by atoms with E-state index in [0.717, 1.165) is 32.1 Å². The predicted octanol–water partition coefficient (Wildman–Crippen LogP) is 3.42. The molecule has 0 aliphatic rings. The van der Waals surface area contributed by atoms with Crippen molar-refractivity contribution in [3.05, 3.63) is 58.2 Å². The monoisotopic (exact) mass is 330 g/mol. The molecule has 2 aromatic carbocycles. The number of carbonyl (C=O) groups is 1. The number of amides is 1.